The monoisotopic (exact) mass is 595 g/mol. The van der Waals surface area contributed by atoms with E-state index in [9.17, 15) is 27.5 Å². The van der Waals surface area contributed by atoms with Crippen LogP contribution >= 0.6 is 12.4 Å². The van der Waals surface area contributed by atoms with Gasteiger partial charge in [0.05, 0.1) is 23.6 Å². The van der Waals surface area contributed by atoms with Gasteiger partial charge >= 0.3 is 12.1 Å². The van der Waals surface area contributed by atoms with Crippen LogP contribution in [0.25, 0.3) is 28.5 Å². The zero-order valence-corrected chi connectivity index (χ0v) is 22.3. The van der Waals surface area contributed by atoms with Crippen molar-refractivity contribution in [2.45, 2.75) is 31.5 Å². The second-order valence-electron chi connectivity index (χ2n) is 9.72. The quantitative estimate of drug-likeness (QED) is 0.260. The number of aliphatic hydroxyl groups is 1. The molecule has 2 N–H and O–H groups in total. The summed E-state index contributed by atoms with van der Waals surface area (Å²) in [5.74, 6) is -1.72. The maximum atomic E-state index is 14.0. The van der Waals surface area contributed by atoms with Gasteiger partial charge in [0.25, 0.3) is 5.89 Å². The summed E-state index contributed by atoms with van der Waals surface area (Å²) in [6.07, 6.45) is -2.87. The van der Waals surface area contributed by atoms with E-state index in [0.717, 1.165) is 37.7 Å². The molecular weight excluding hydrogens is 570 g/mol. The number of hydrogen-bond acceptors (Lipinski definition) is 7. The van der Waals surface area contributed by atoms with Crippen LogP contribution in [0.5, 0.6) is 0 Å². The summed E-state index contributed by atoms with van der Waals surface area (Å²) in [5.41, 5.74) is -0.477. The van der Waals surface area contributed by atoms with Gasteiger partial charge in [-0.15, -0.1) is 12.4 Å². The maximum Gasteiger partial charge on any atom is 0.434 e. The largest absolute Gasteiger partial charge is 0.481 e. The van der Waals surface area contributed by atoms with Gasteiger partial charge in [-0.2, -0.15) is 23.3 Å². The lowest BCUT2D eigenvalue weighted by molar-refractivity contribution is -0.142. The number of nitrogens with zero attached hydrogens (tertiary/aromatic N) is 5. The highest BCUT2D eigenvalue weighted by molar-refractivity contribution is 5.85. The molecule has 0 bridgehead atoms. The number of carbonyl (C=O) groups is 1. The molecule has 0 saturated carbocycles. The lowest BCUT2D eigenvalue weighted by Gasteiger charge is -2.33. The van der Waals surface area contributed by atoms with Crippen LogP contribution in [0, 0.1) is 11.7 Å². The van der Waals surface area contributed by atoms with Crippen LogP contribution in [0.2, 0.25) is 0 Å². The van der Waals surface area contributed by atoms with Crippen LogP contribution in [0.1, 0.15) is 36.6 Å². The Bertz CT molecular complexity index is 1470. The van der Waals surface area contributed by atoms with Gasteiger partial charge in [-0.05, 0) is 55.1 Å². The number of piperidine rings is 1. The highest BCUT2D eigenvalue weighted by Gasteiger charge is 2.40. The van der Waals surface area contributed by atoms with Crippen molar-refractivity contribution in [3.63, 3.8) is 0 Å². The molecule has 41 heavy (non-hydrogen) atoms. The first-order valence-electron chi connectivity index (χ1n) is 12.6. The van der Waals surface area contributed by atoms with E-state index in [1.54, 1.807) is 24.3 Å². The predicted octanol–water partition coefficient (Wildman–Crippen LogP) is 5.39. The highest BCUT2D eigenvalue weighted by atomic mass is 35.5. The number of benzene rings is 2. The summed E-state index contributed by atoms with van der Waals surface area (Å²) < 4.78 is 61.1. The normalized spacial score (nSPS) is 16.8. The highest BCUT2D eigenvalue weighted by Crippen LogP contribution is 2.38. The lowest BCUT2D eigenvalue weighted by Crippen LogP contribution is -2.38. The molecule has 0 aliphatic carbocycles. The fourth-order valence-electron chi connectivity index (χ4n) is 4.94. The van der Waals surface area contributed by atoms with E-state index in [4.69, 9.17) is 9.63 Å². The fraction of sp³-hybridized carbons (Fsp3) is 0.333. The minimum Gasteiger partial charge on any atom is -0.481 e. The standard InChI is InChI=1S/C27H25F4N5O4.ClH/c28-19-7-9-20(10-8-19)36-24(27(29,30)31)21(13-32-36)26-33-25(34-40-26)18-5-3-17(4-6-18)22(37)15-35-11-1-2-16(14-35)12-23(38)39;/h3-10,13,16,22,37H,1-2,11-12,14-15H2,(H,38,39);1H/t16-,22-;/m1./s1. The lowest BCUT2D eigenvalue weighted by atomic mass is 9.94. The van der Waals surface area contributed by atoms with Crippen LogP contribution < -0.4 is 0 Å². The summed E-state index contributed by atoms with van der Waals surface area (Å²) in [5, 5.41) is 27.4. The van der Waals surface area contributed by atoms with Crippen LogP contribution in [-0.2, 0) is 11.0 Å². The molecule has 2 atom stereocenters. The van der Waals surface area contributed by atoms with Crippen molar-refractivity contribution in [3.05, 3.63) is 71.8 Å². The SMILES string of the molecule is Cl.O=C(O)C[C@H]1CCCN(C[C@@H](O)c2ccc(-c3noc(-c4cnn(-c5ccc(F)cc5)c4C(F)(F)F)n3)cc2)C1. The molecule has 0 radical (unpaired) electrons. The van der Waals surface area contributed by atoms with Crippen molar-refractivity contribution >= 4 is 18.4 Å². The van der Waals surface area contributed by atoms with E-state index in [-0.39, 0.29) is 42.1 Å². The Hall–Kier alpha value is -3.81. The Morgan fingerprint density at radius 2 is 1.83 bits per heavy atom. The molecule has 0 spiro atoms. The van der Waals surface area contributed by atoms with Gasteiger partial charge in [-0.25, -0.2) is 9.07 Å². The first kappa shape index (κ1) is 30.2. The summed E-state index contributed by atoms with van der Waals surface area (Å²) in [6.45, 7) is 1.72. The number of halogens is 5. The summed E-state index contributed by atoms with van der Waals surface area (Å²) in [6, 6.07) is 11.0. The van der Waals surface area contributed by atoms with Crippen LogP contribution in [0.15, 0.2) is 59.3 Å². The molecule has 5 rings (SSSR count). The molecule has 1 saturated heterocycles. The molecule has 1 aliphatic heterocycles. The minimum atomic E-state index is -4.82. The van der Waals surface area contributed by atoms with E-state index >= 15 is 0 Å². The van der Waals surface area contributed by atoms with Gasteiger partial charge in [0.1, 0.15) is 5.82 Å². The van der Waals surface area contributed by atoms with Gasteiger partial charge in [-0.1, -0.05) is 29.4 Å². The smallest absolute Gasteiger partial charge is 0.434 e. The zero-order valence-electron chi connectivity index (χ0n) is 21.5. The minimum absolute atomic E-state index is 0. The van der Waals surface area contributed by atoms with Crippen molar-refractivity contribution < 1.29 is 37.1 Å². The number of likely N-dealkylation sites (tertiary alicyclic amines) is 1. The fourth-order valence-corrected chi connectivity index (χ4v) is 4.94. The van der Waals surface area contributed by atoms with Crippen molar-refractivity contribution in [1.29, 1.82) is 0 Å². The number of carboxylic acids is 1. The first-order valence-corrected chi connectivity index (χ1v) is 12.6. The Kier molecular flexibility index (Phi) is 9.10. The number of aromatic nitrogens is 4. The summed E-state index contributed by atoms with van der Waals surface area (Å²) in [4.78, 5) is 17.2. The summed E-state index contributed by atoms with van der Waals surface area (Å²) >= 11 is 0. The van der Waals surface area contributed by atoms with Crippen LogP contribution in [0.4, 0.5) is 17.6 Å². The topological polar surface area (TPSA) is 118 Å². The third-order valence-electron chi connectivity index (χ3n) is 6.82. The van der Waals surface area contributed by atoms with Gasteiger partial charge in [-0.3, -0.25) is 4.79 Å². The molecule has 3 heterocycles. The van der Waals surface area contributed by atoms with Crippen LogP contribution in [-0.4, -0.2) is 60.6 Å². The molecule has 1 fully saturated rings. The van der Waals surface area contributed by atoms with E-state index in [2.05, 4.69) is 15.2 Å². The van der Waals surface area contributed by atoms with Gasteiger partial charge in [0.2, 0.25) is 5.82 Å². The Labute approximate surface area is 237 Å². The van der Waals surface area contributed by atoms with E-state index in [1.807, 2.05) is 4.90 Å². The van der Waals surface area contributed by atoms with Gasteiger partial charge < -0.3 is 19.6 Å². The zero-order chi connectivity index (χ0) is 28.4. The van der Waals surface area contributed by atoms with Crippen LogP contribution in [0.3, 0.4) is 0 Å². The number of alkyl halides is 3. The van der Waals surface area contributed by atoms with Crippen molar-refractivity contribution in [2.24, 2.45) is 5.92 Å². The Balaban J connectivity index is 0.00000387. The number of aliphatic hydroxyl groups excluding tert-OH is 1. The Morgan fingerprint density at radius 3 is 2.49 bits per heavy atom. The molecule has 4 aromatic rings. The second kappa shape index (κ2) is 12.4. The molecule has 14 heteroatoms. The van der Waals surface area contributed by atoms with Crippen molar-refractivity contribution in [1.82, 2.24) is 24.8 Å². The number of carboxylic acid groups (broad SMARTS) is 1. The molecule has 0 amide bonds. The second-order valence-corrected chi connectivity index (χ2v) is 9.72. The molecule has 2 aromatic carbocycles. The molecule has 0 unspecified atom stereocenters. The number of β-amino-alcohol motifs (C(OH)–C–C–N with tert-alkyl or cyclic N) is 1. The molecule has 218 valence electrons. The average Bonchev–Trinajstić information content (AvgIpc) is 3.57. The molecule has 1 aliphatic rings. The van der Waals surface area contributed by atoms with Gasteiger partial charge in [0.15, 0.2) is 5.69 Å². The average molecular weight is 596 g/mol. The van der Waals surface area contributed by atoms with E-state index in [1.165, 1.54) is 12.1 Å². The molecular formula is C27H26ClF4N5O4. The number of aliphatic carboxylic acids is 1. The van der Waals surface area contributed by atoms with Crippen molar-refractivity contribution in [3.8, 4) is 28.5 Å². The Morgan fingerprint density at radius 1 is 1.12 bits per heavy atom. The third-order valence-corrected chi connectivity index (χ3v) is 6.82. The van der Waals surface area contributed by atoms with Gasteiger partial charge in [0, 0.05) is 25.1 Å². The van der Waals surface area contributed by atoms with Crippen molar-refractivity contribution in [2.75, 3.05) is 19.6 Å². The maximum absolute atomic E-state index is 14.0. The molecule has 9 nitrogen and oxygen atoms in total. The third kappa shape index (κ3) is 6.92. The predicted molar refractivity (Wildman–Crippen MR) is 141 cm³/mol. The number of hydrogen-bond donors (Lipinski definition) is 2. The van der Waals surface area contributed by atoms with E-state index < -0.39 is 35.3 Å². The molecule has 2 aromatic heterocycles. The first-order chi connectivity index (χ1) is 19.1. The summed E-state index contributed by atoms with van der Waals surface area (Å²) in [7, 11) is 0. The number of rotatable bonds is 8. The van der Waals surface area contributed by atoms with E-state index in [0.29, 0.717) is 28.9 Å².